The lowest BCUT2D eigenvalue weighted by Crippen LogP contribution is -2.28. The van der Waals surface area contributed by atoms with Crippen LogP contribution in [0.1, 0.15) is 77.0 Å². The summed E-state index contributed by atoms with van der Waals surface area (Å²) in [5, 5.41) is -0.171. The first-order chi connectivity index (χ1) is 8.67. The highest BCUT2D eigenvalue weighted by atomic mass is 127. The van der Waals surface area contributed by atoms with Crippen LogP contribution in [-0.2, 0) is 10.0 Å². The van der Waals surface area contributed by atoms with Crippen molar-refractivity contribution in [1.82, 2.24) is 2.94 Å². The SMILES string of the molecule is O=S(=O)(NI)C1CCCCCCCCCCCC1. The molecule has 0 amide bonds. The van der Waals surface area contributed by atoms with Gasteiger partial charge in [-0.25, -0.2) is 8.42 Å². The standard InChI is InChI=1S/C13H26INO2S/c14-15-18(16,17)13-11-9-7-5-3-1-2-4-6-8-10-12-13/h13,15H,1-12H2. The lowest BCUT2D eigenvalue weighted by Gasteiger charge is -2.16. The summed E-state index contributed by atoms with van der Waals surface area (Å²) in [4.78, 5) is 0. The normalized spacial score (nSPS) is 22.7. The van der Waals surface area contributed by atoms with Gasteiger partial charge in [-0.05, 0) is 12.8 Å². The molecule has 0 atom stereocenters. The van der Waals surface area contributed by atoms with Gasteiger partial charge in [-0.2, -0.15) is 2.94 Å². The van der Waals surface area contributed by atoms with E-state index < -0.39 is 10.0 Å². The van der Waals surface area contributed by atoms with Crippen LogP contribution in [0.5, 0.6) is 0 Å². The van der Waals surface area contributed by atoms with E-state index >= 15 is 0 Å². The monoisotopic (exact) mass is 387 g/mol. The summed E-state index contributed by atoms with van der Waals surface area (Å²) in [6.07, 6.45) is 14.1. The summed E-state index contributed by atoms with van der Waals surface area (Å²) in [6.45, 7) is 0. The molecule has 0 aromatic rings. The van der Waals surface area contributed by atoms with Crippen molar-refractivity contribution >= 4 is 32.9 Å². The highest BCUT2D eigenvalue weighted by Crippen LogP contribution is 2.21. The average Bonchev–Trinajstić information content (AvgIpc) is 2.39. The average molecular weight is 387 g/mol. The van der Waals surface area contributed by atoms with Gasteiger partial charge in [-0.15, -0.1) is 0 Å². The number of halogens is 1. The van der Waals surface area contributed by atoms with Crippen molar-refractivity contribution in [3.8, 4) is 0 Å². The van der Waals surface area contributed by atoms with Crippen molar-refractivity contribution in [2.45, 2.75) is 82.3 Å². The van der Waals surface area contributed by atoms with E-state index in [4.69, 9.17) is 0 Å². The first kappa shape index (κ1) is 16.7. The summed E-state index contributed by atoms with van der Waals surface area (Å²) >= 11 is 1.75. The van der Waals surface area contributed by atoms with E-state index in [1.54, 1.807) is 22.9 Å². The molecule has 1 N–H and O–H groups in total. The molecule has 0 aromatic carbocycles. The highest BCUT2D eigenvalue weighted by molar-refractivity contribution is 14.1. The number of nitrogens with one attached hydrogen (secondary N) is 1. The molecule has 1 aliphatic carbocycles. The maximum atomic E-state index is 11.9. The fraction of sp³-hybridized carbons (Fsp3) is 1.00. The second-order valence-electron chi connectivity index (χ2n) is 5.36. The number of rotatable bonds is 2. The Morgan fingerprint density at radius 3 is 1.39 bits per heavy atom. The summed E-state index contributed by atoms with van der Waals surface area (Å²) in [6, 6.07) is 0. The van der Waals surface area contributed by atoms with Gasteiger partial charge in [0.2, 0.25) is 10.0 Å². The van der Waals surface area contributed by atoms with Crippen molar-refractivity contribution < 1.29 is 8.42 Å². The molecule has 3 nitrogen and oxygen atoms in total. The Hall–Kier alpha value is 0.640. The zero-order valence-electron chi connectivity index (χ0n) is 11.2. The molecule has 0 aromatic heterocycles. The number of hydrogen-bond donors (Lipinski definition) is 1. The van der Waals surface area contributed by atoms with Crippen LogP contribution in [0, 0.1) is 0 Å². The maximum Gasteiger partial charge on any atom is 0.222 e. The van der Waals surface area contributed by atoms with Crippen LogP contribution >= 0.6 is 22.9 Å². The minimum Gasteiger partial charge on any atom is -0.211 e. The molecule has 0 heterocycles. The third-order valence-electron chi connectivity index (χ3n) is 3.85. The van der Waals surface area contributed by atoms with Crippen LogP contribution in [0.2, 0.25) is 0 Å². The molecule has 108 valence electrons. The predicted octanol–water partition coefficient (Wildman–Crippen LogP) is 4.32. The molecular weight excluding hydrogens is 361 g/mol. The Bertz CT molecular complexity index is 292. The third-order valence-corrected chi connectivity index (χ3v) is 7.25. The van der Waals surface area contributed by atoms with Gasteiger partial charge < -0.3 is 0 Å². The lowest BCUT2D eigenvalue weighted by molar-refractivity contribution is 0.525. The second-order valence-corrected chi connectivity index (χ2v) is 8.59. The van der Waals surface area contributed by atoms with Crippen molar-refractivity contribution in [2.75, 3.05) is 0 Å². The second kappa shape index (κ2) is 9.53. The molecule has 1 rings (SSSR count). The van der Waals surface area contributed by atoms with Gasteiger partial charge in [-0.1, -0.05) is 64.2 Å². The molecule has 5 heteroatoms. The Balaban J connectivity index is 2.48. The molecule has 0 aliphatic heterocycles. The van der Waals surface area contributed by atoms with E-state index in [1.807, 2.05) is 0 Å². The van der Waals surface area contributed by atoms with E-state index in [2.05, 4.69) is 2.94 Å². The topological polar surface area (TPSA) is 46.2 Å². The Labute approximate surface area is 126 Å². The maximum absolute atomic E-state index is 11.9. The molecule has 0 saturated heterocycles. The quantitative estimate of drug-likeness (QED) is 0.567. The zero-order valence-corrected chi connectivity index (χ0v) is 14.1. The van der Waals surface area contributed by atoms with E-state index in [0.717, 1.165) is 25.7 Å². The van der Waals surface area contributed by atoms with Gasteiger partial charge in [0.05, 0.1) is 5.25 Å². The molecule has 0 spiro atoms. The van der Waals surface area contributed by atoms with E-state index in [-0.39, 0.29) is 5.25 Å². The van der Waals surface area contributed by atoms with Crippen LogP contribution in [0.25, 0.3) is 0 Å². The summed E-state index contributed by atoms with van der Waals surface area (Å²) < 4.78 is 26.3. The Kier molecular flexibility index (Phi) is 8.84. The summed E-state index contributed by atoms with van der Waals surface area (Å²) in [7, 11) is -3.08. The molecule has 0 radical (unpaired) electrons. The molecule has 1 fully saturated rings. The van der Waals surface area contributed by atoms with Crippen molar-refractivity contribution in [3.05, 3.63) is 0 Å². The van der Waals surface area contributed by atoms with Crippen LogP contribution in [0.15, 0.2) is 0 Å². The van der Waals surface area contributed by atoms with Gasteiger partial charge >= 0.3 is 0 Å². The van der Waals surface area contributed by atoms with Crippen LogP contribution in [0.3, 0.4) is 0 Å². The van der Waals surface area contributed by atoms with Crippen molar-refractivity contribution in [3.63, 3.8) is 0 Å². The molecular formula is C13H26INO2S. The van der Waals surface area contributed by atoms with Gasteiger partial charge in [0.15, 0.2) is 0 Å². The Morgan fingerprint density at radius 2 is 1.06 bits per heavy atom. The molecule has 1 saturated carbocycles. The minimum atomic E-state index is -3.08. The fourth-order valence-corrected chi connectivity index (χ4v) is 4.83. The molecule has 1 aliphatic rings. The van der Waals surface area contributed by atoms with Crippen LogP contribution in [-0.4, -0.2) is 13.7 Å². The van der Waals surface area contributed by atoms with Gasteiger partial charge in [0.1, 0.15) is 0 Å². The zero-order chi connectivity index (χ0) is 13.3. The van der Waals surface area contributed by atoms with Gasteiger partial charge in [0, 0.05) is 22.9 Å². The Morgan fingerprint density at radius 1 is 0.722 bits per heavy atom. The van der Waals surface area contributed by atoms with Crippen molar-refractivity contribution in [2.24, 2.45) is 0 Å². The first-order valence-electron chi connectivity index (χ1n) is 7.28. The summed E-state index contributed by atoms with van der Waals surface area (Å²) in [5.74, 6) is 0. The molecule has 18 heavy (non-hydrogen) atoms. The molecule has 0 bridgehead atoms. The smallest absolute Gasteiger partial charge is 0.211 e. The predicted molar refractivity (Wildman–Crippen MR) is 85.3 cm³/mol. The minimum absolute atomic E-state index is 0.171. The number of sulfonamides is 1. The van der Waals surface area contributed by atoms with Crippen LogP contribution < -0.4 is 2.94 Å². The first-order valence-corrected chi connectivity index (χ1v) is 9.90. The van der Waals surface area contributed by atoms with Crippen molar-refractivity contribution in [1.29, 1.82) is 0 Å². The van der Waals surface area contributed by atoms with E-state index in [9.17, 15) is 8.42 Å². The van der Waals surface area contributed by atoms with Gasteiger partial charge in [0.25, 0.3) is 0 Å². The molecule has 0 unspecified atom stereocenters. The third kappa shape index (κ3) is 6.70. The van der Waals surface area contributed by atoms with Crippen LogP contribution in [0.4, 0.5) is 0 Å². The van der Waals surface area contributed by atoms with E-state index in [0.29, 0.717) is 0 Å². The lowest BCUT2D eigenvalue weighted by atomic mass is 10.1. The fourth-order valence-electron chi connectivity index (χ4n) is 2.68. The van der Waals surface area contributed by atoms with Gasteiger partial charge in [-0.3, -0.25) is 0 Å². The van der Waals surface area contributed by atoms with E-state index in [1.165, 1.54) is 51.4 Å². The summed E-state index contributed by atoms with van der Waals surface area (Å²) in [5.41, 5.74) is 0. The number of hydrogen-bond acceptors (Lipinski definition) is 2. The highest BCUT2D eigenvalue weighted by Gasteiger charge is 2.23. The largest absolute Gasteiger partial charge is 0.222 e.